The number of aliphatic hydroxyl groups is 3. The maximum atomic E-state index is 12.6. The molecule has 3 saturated carbocycles. The topological polar surface area (TPSA) is 338 Å². The SMILES string of the molecule is CC[C@@H](CO)Nc1cc(NCC2CCOCC2)n2ncc(-c3ccc(C(=O)NC4CC4)c(C)c3)c2n1.CC[C@H](Nc1cc(NCC2CCOCC2)n2ncc(-c3ccc(C(=O)NC4CC4)c(C)c3)c2n1)[C@H](C)O.Cc1cc(-c2cnn3c(NCC4CCOCC4)cc(NCC(C)(C)O)nc23)ccc1C(=O)NC1CC1. The molecule has 0 radical (unpaired) electrons. The monoisotopic (exact) mass is 1490 g/mol. The minimum absolute atomic E-state index is 0.0137. The zero-order chi connectivity index (χ0) is 76.3. The van der Waals surface area contributed by atoms with Crippen LogP contribution in [-0.2, 0) is 14.2 Å². The molecule has 9 aromatic rings. The number of benzene rings is 3. The Morgan fingerprint density at radius 1 is 0.486 bits per heavy atom. The Morgan fingerprint density at radius 3 is 1.13 bits per heavy atom. The van der Waals surface area contributed by atoms with Crippen molar-refractivity contribution in [3.63, 3.8) is 0 Å². The summed E-state index contributed by atoms with van der Waals surface area (Å²) in [6.07, 6.45) is 19.1. The summed E-state index contributed by atoms with van der Waals surface area (Å²) in [5.41, 5.74) is 11.6. The van der Waals surface area contributed by atoms with E-state index in [0.717, 1.165) is 228 Å². The lowest BCUT2D eigenvalue weighted by atomic mass is 10.0. The van der Waals surface area contributed by atoms with Gasteiger partial charge in [0, 0.05) is 136 Å². The van der Waals surface area contributed by atoms with E-state index in [1.807, 2.05) is 140 Å². The Morgan fingerprint density at radius 2 is 0.826 bits per heavy atom. The van der Waals surface area contributed by atoms with Crippen molar-refractivity contribution in [2.75, 3.05) is 104 Å². The van der Waals surface area contributed by atoms with Crippen molar-refractivity contribution in [2.45, 2.75) is 187 Å². The molecule has 0 spiro atoms. The van der Waals surface area contributed by atoms with Crippen LogP contribution in [0, 0.1) is 38.5 Å². The zero-order valence-corrected chi connectivity index (χ0v) is 64.4. The number of fused-ring (bicyclic) bond motifs is 3. The minimum Gasteiger partial charge on any atom is -0.394 e. The molecule has 9 heterocycles. The van der Waals surface area contributed by atoms with Gasteiger partial charge in [0.2, 0.25) is 0 Å². The fourth-order valence-electron chi connectivity index (χ4n) is 14.0. The number of aryl methyl sites for hydroxylation is 3. The minimum atomic E-state index is -0.874. The molecule has 109 heavy (non-hydrogen) atoms. The fraction of sp³-hybridized carbons (Fsp3) is 0.524. The number of nitrogens with one attached hydrogen (secondary N) is 9. The van der Waals surface area contributed by atoms with Crippen molar-refractivity contribution in [2.24, 2.45) is 17.8 Å². The van der Waals surface area contributed by atoms with Crippen molar-refractivity contribution >= 4 is 69.6 Å². The molecule has 27 heteroatoms. The van der Waals surface area contributed by atoms with Crippen LogP contribution in [-0.4, -0.2) is 191 Å². The maximum absolute atomic E-state index is 12.6. The van der Waals surface area contributed by atoms with Crippen molar-refractivity contribution in [3.8, 4) is 33.4 Å². The van der Waals surface area contributed by atoms with Crippen molar-refractivity contribution < 1.29 is 43.9 Å². The number of ether oxygens (including phenoxy) is 3. The molecule has 582 valence electrons. The summed E-state index contributed by atoms with van der Waals surface area (Å²) in [5, 5.41) is 74.1. The van der Waals surface area contributed by atoms with Gasteiger partial charge in [0.1, 0.15) is 34.9 Å². The molecule has 27 nitrogen and oxygen atoms in total. The Labute approximate surface area is 637 Å². The van der Waals surface area contributed by atoms with E-state index in [1.165, 1.54) is 0 Å². The molecule has 3 saturated heterocycles. The van der Waals surface area contributed by atoms with Gasteiger partial charge in [0.05, 0.1) is 49.0 Å². The molecule has 3 aliphatic heterocycles. The Balaban J connectivity index is 0.000000144. The van der Waals surface area contributed by atoms with E-state index in [9.17, 15) is 29.7 Å². The molecule has 0 bridgehead atoms. The number of amides is 3. The van der Waals surface area contributed by atoms with Gasteiger partial charge in [-0.3, -0.25) is 14.4 Å². The Kier molecular flexibility index (Phi) is 25.3. The van der Waals surface area contributed by atoms with E-state index in [0.29, 0.717) is 82.2 Å². The number of hydrogen-bond donors (Lipinski definition) is 12. The molecule has 12 N–H and O–H groups in total. The highest BCUT2D eigenvalue weighted by molar-refractivity contribution is 5.99. The third-order valence-electron chi connectivity index (χ3n) is 21.4. The number of aromatic nitrogens is 9. The molecule has 0 unspecified atom stereocenters. The van der Waals surface area contributed by atoms with E-state index < -0.39 is 11.7 Å². The highest BCUT2D eigenvalue weighted by Gasteiger charge is 2.30. The lowest BCUT2D eigenvalue weighted by molar-refractivity contribution is 0.0698. The zero-order valence-electron chi connectivity index (χ0n) is 64.4. The predicted molar refractivity (Wildman–Crippen MR) is 426 cm³/mol. The molecular formula is C82H110N18O9. The van der Waals surface area contributed by atoms with Crippen LogP contribution in [0.3, 0.4) is 0 Å². The van der Waals surface area contributed by atoms with Gasteiger partial charge in [0.15, 0.2) is 16.9 Å². The molecule has 3 aromatic carbocycles. The maximum Gasteiger partial charge on any atom is 0.251 e. The van der Waals surface area contributed by atoms with Crippen LogP contribution in [0.1, 0.15) is 172 Å². The molecular weight excluding hydrogens is 1380 g/mol. The lowest BCUT2D eigenvalue weighted by Gasteiger charge is -2.24. The van der Waals surface area contributed by atoms with Crippen LogP contribution in [0.15, 0.2) is 91.4 Å². The average molecular weight is 1490 g/mol. The lowest BCUT2D eigenvalue weighted by Crippen LogP contribution is -2.31. The van der Waals surface area contributed by atoms with Crippen molar-refractivity contribution in [1.82, 2.24) is 59.7 Å². The third-order valence-corrected chi connectivity index (χ3v) is 21.4. The molecule has 3 amide bonds. The number of rotatable bonds is 29. The van der Waals surface area contributed by atoms with Gasteiger partial charge in [-0.2, -0.15) is 28.8 Å². The summed E-state index contributed by atoms with van der Waals surface area (Å²) in [5.74, 6) is 6.18. The number of carbonyl (C=O) groups is 3. The van der Waals surface area contributed by atoms with E-state index in [2.05, 4.69) is 63.1 Å². The summed E-state index contributed by atoms with van der Waals surface area (Å²) in [6.45, 7) is 23.0. The van der Waals surface area contributed by atoms with Crippen LogP contribution in [0.2, 0.25) is 0 Å². The Hall–Kier alpha value is -9.51. The highest BCUT2D eigenvalue weighted by Crippen LogP contribution is 2.35. The third kappa shape index (κ3) is 20.3. The van der Waals surface area contributed by atoms with Gasteiger partial charge in [-0.15, -0.1) is 0 Å². The smallest absolute Gasteiger partial charge is 0.251 e. The number of anilines is 6. The number of carbonyl (C=O) groups excluding carboxylic acids is 3. The molecule has 6 aliphatic rings. The highest BCUT2D eigenvalue weighted by atomic mass is 16.5. The summed E-state index contributed by atoms with van der Waals surface area (Å²) in [6, 6.07) is 24.2. The second-order valence-corrected chi connectivity index (χ2v) is 31.1. The number of aliphatic hydroxyl groups excluding tert-OH is 2. The van der Waals surface area contributed by atoms with Gasteiger partial charge in [-0.1, -0.05) is 50.2 Å². The van der Waals surface area contributed by atoms with Crippen LogP contribution < -0.4 is 47.9 Å². The van der Waals surface area contributed by atoms with Gasteiger partial charge >= 0.3 is 0 Å². The van der Waals surface area contributed by atoms with Crippen LogP contribution in [0.25, 0.3) is 50.3 Å². The van der Waals surface area contributed by atoms with Crippen molar-refractivity contribution in [3.05, 3.63) is 125 Å². The molecule has 6 fully saturated rings. The van der Waals surface area contributed by atoms with E-state index in [-0.39, 0.29) is 36.4 Å². The average Bonchev–Trinajstić information content (AvgIpc) is 1.69. The van der Waals surface area contributed by atoms with Crippen LogP contribution in [0.4, 0.5) is 34.9 Å². The van der Waals surface area contributed by atoms with E-state index in [4.69, 9.17) is 29.2 Å². The normalized spacial score (nSPS) is 17.3. The quantitative estimate of drug-likeness (QED) is 0.0207. The first-order valence-corrected chi connectivity index (χ1v) is 39.4. The summed E-state index contributed by atoms with van der Waals surface area (Å²) in [7, 11) is 0. The fourth-order valence-corrected chi connectivity index (χ4v) is 14.0. The van der Waals surface area contributed by atoms with Crippen LogP contribution in [0.5, 0.6) is 0 Å². The predicted octanol–water partition coefficient (Wildman–Crippen LogP) is 11.2. The summed E-state index contributed by atoms with van der Waals surface area (Å²) in [4.78, 5) is 52.4. The molecule has 3 atom stereocenters. The number of hydrogen-bond acceptors (Lipinski definition) is 21. The van der Waals surface area contributed by atoms with Gasteiger partial charge in [0.25, 0.3) is 17.7 Å². The second kappa shape index (κ2) is 35.5. The second-order valence-electron chi connectivity index (χ2n) is 31.1. The largest absolute Gasteiger partial charge is 0.394 e. The van der Waals surface area contributed by atoms with Gasteiger partial charge in [-0.25, -0.2) is 15.0 Å². The standard InChI is InChI=1S/C28H38N6O3.2C27H36N6O3/c1-4-24(18(3)35)32-25-14-26(29-15-19-9-11-37-12-10-19)34-27(33-25)23(16-30-34)20-5-8-22(17(2)13-20)28(36)31-21-6-7-21;1-17-12-19(4-7-21(17)26(34)31-20-5-6-20)22-15-30-33-24(28-14-18-8-10-36-11-9-18)13-23(32-25(22)33)29-16-27(2,3)35;1-3-20(16-34)30-24-13-25(28-14-18-8-10-36-11-9-18)33-26(32-24)23(15-29-33)19-4-7-22(17(2)12-19)27(35)31-21-5-6-21/h5,8,13-14,16,18-19,21,24,29,35H,4,6-7,9-12,15H2,1-3H3,(H,31,36)(H,32,33);4,7,12-13,15,18,20,28,35H,5-6,8-11,14,16H2,1-3H3,(H,29,32)(H,31,34);4,7,12-13,15,18,20-21,28,34H,3,5-6,8-11,14,16H2,1-2H3,(H,30,32)(H,31,35)/t18-,24-;;20-/m0.0/s1. The first kappa shape index (κ1) is 77.6. The van der Waals surface area contributed by atoms with Gasteiger partial charge in [-0.05, 0) is 201 Å². The van der Waals surface area contributed by atoms with Gasteiger partial charge < -0.3 is 77.4 Å². The molecule has 3 aliphatic carbocycles. The summed E-state index contributed by atoms with van der Waals surface area (Å²) < 4.78 is 22.0. The van der Waals surface area contributed by atoms with Crippen molar-refractivity contribution in [1.29, 1.82) is 0 Å². The van der Waals surface area contributed by atoms with E-state index in [1.54, 1.807) is 20.8 Å². The summed E-state index contributed by atoms with van der Waals surface area (Å²) >= 11 is 0. The number of nitrogens with zero attached hydrogens (tertiary/aromatic N) is 9. The molecule has 6 aromatic heterocycles. The van der Waals surface area contributed by atoms with E-state index >= 15 is 0 Å². The first-order valence-electron chi connectivity index (χ1n) is 39.4. The molecule has 15 rings (SSSR count). The first-order chi connectivity index (χ1) is 52.7. The Bertz CT molecular complexity index is 4610. The van der Waals surface area contributed by atoms with Crippen LogP contribution >= 0.6 is 0 Å².